The third-order valence-corrected chi connectivity index (χ3v) is 6.34. The fourth-order valence-corrected chi connectivity index (χ4v) is 4.59. The maximum Gasteiger partial charge on any atom is 0.246 e. The molecule has 1 aromatic heterocycles. The van der Waals surface area contributed by atoms with Crippen LogP contribution in [0.2, 0.25) is 0 Å². The third kappa shape index (κ3) is 5.95. The molecule has 1 aliphatic rings. The van der Waals surface area contributed by atoms with E-state index in [0.29, 0.717) is 12.8 Å². The molecule has 1 atom stereocenters. The summed E-state index contributed by atoms with van der Waals surface area (Å²) in [5.74, 6) is -0.227. The SMILES string of the molecule is CCCC(NC(=O)CCCc1c[nH]c2ccccc12)C(=O)Nc1cccc(N2CCCC2)c1. The number of para-hydroxylation sites is 1. The zero-order valence-corrected chi connectivity index (χ0v) is 19.4. The minimum atomic E-state index is -0.522. The quantitative estimate of drug-likeness (QED) is 0.409. The number of fused-ring (bicyclic) bond motifs is 1. The second kappa shape index (κ2) is 11.0. The number of nitrogens with one attached hydrogen (secondary N) is 3. The van der Waals surface area contributed by atoms with Gasteiger partial charge in [-0.15, -0.1) is 0 Å². The van der Waals surface area contributed by atoms with Gasteiger partial charge in [-0.2, -0.15) is 0 Å². The summed E-state index contributed by atoms with van der Waals surface area (Å²) in [5.41, 5.74) is 4.25. The summed E-state index contributed by atoms with van der Waals surface area (Å²) in [7, 11) is 0. The second-order valence-corrected chi connectivity index (χ2v) is 8.86. The number of carbonyl (C=O) groups excluding carboxylic acids is 2. The Bertz CT molecular complexity index is 1080. The summed E-state index contributed by atoms with van der Waals surface area (Å²) in [6, 6.07) is 15.7. The first kappa shape index (κ1) is 22.9. The van der Waals surface area contributed by atoms with Gasteiger partial charge in [-0.1, -0.05) is 37.6 Å². The Labute approximate surface area is 195 Å². The fraction of sp³-hybridized carbons (Fsp3) is 0.407. The largest absolute Gasteiger partial charge is 0.371 e. The highest BCUT2D eigenvalue weighted by molar-refractivity contribution is 5.97. The predicted octanol–water partition coefficient (Wildman–Crippen LogP) is 5.01. The second-order valence-electron chi connectivity index (χ2n) is 8.86. The molecule has 174 valence electrons. The number of amides is 2. The van der Waals surface area contributed by atoms with E-state index in [1.165, 1.54) is 23.8 Å². The molecule has 0 spiro atoms. The smallest absolute Gasteiger partial charge is 0.246 e. The molecule has 0 bridgehead atoms. The molecule has 3 N–H and O–H groups in total. The van der Waals surface area contributed by atoms with Crippen LogP contribution in [0.25, 0.3) is 10.9 Å². The zero-order valence-electron chi connectivity index (χ0n) is 19.4. The highest BCUT2D eigenvalue weighted by Crippen LogP contribution is 2.23. The Morgan fingerprint density at radius 1 is 1.09 bits per heavy atom. The van der Waals surface area contributed by atoms with Crippen molar-refractivity contribution in [3.8, 4) is 0 Å². The average molecular weight is 447 g/mol. The van der Waals surface area contributed by atoms with Crippen LogP contribution in [0.15, 0.2) is 54.7 Å². The molecule has 33 heavy (non-hydrogen) atoms. The minimum absolute atomic E-state index is 0.0748. The number of benzene rings is 2. The lowest BCUT2D eigenvalue weighted by molar-refractivity contribution is -0.126. The molecule has 2 aromatic carbocycles. The lowest BCUT2D eigenvalue weighted by Crippen LogP contribution is -2.43. The van der Waals surface area contributed by atoms with Crippen molar-refractivity contribution in [2.45, 2.75) is 57.9 Å². The average Bonchev–Trinajstić information content (AvgIpc) is 3.50. The summed E-state index contributed by atoms with van der Waals surface area (Å²) in [6.45, 7) is 4.15. The molecule has 0 saturated carbocycles. The first-order chi connectivity index (χ1) is 16.1. The van der Waals surface area contributed by atoms with E-state index < -0.39 is 6.04 Å². The van der Waals surface area contributed by atoms with Gasteiger partial charge in [0.15, 0.2) is 0 Å². The van der Waals surface area contributed by atoms with Crippen LogP contribution < -0.4 is 15.5 Å². The van der Waals surface area contributed by atoms with Gasteiger partial charge >= 0.3 is 0 Å². The van der Waals surface area contributed by atoms with Crippen LogP contribution in [0.4, 0.5) is 11.4 Å². The molecule has 6 heteroatoms. The predicted molar refractivity (Wildman–Crippen MR) is 135 cm³/mol. The van der Waals surface area contributed by atoms with E-state index in [2.05, 4.69) is 38.7 Å². The van der Waals surface area contributed by atoms with E-state index in [1.807, 2.05) is 43.5 Å². The van der Waals surface area contributed by atoms with Crippen LogP contribution in [0.3, 0.4) is 0 Å². The van der Waals surface area contributed by atoms with E-state index in [9.17, 15) is 9.59 Å². The maximum absolute atomic E-state index is 12.9. The monoisotopic (exact) mass is 446 g/mol. The Balaban J connectivity index is 1.29. The van der Waals surface area contributed by atoms with Gasteiger partial charge in [-0.3, -0.25) is 9.59 Å². The van der Waals surface area contributed by atoms with E-state index in [0.717, 1.165) is 49.2 Å². The topological polar surface area (TPSA) is 77.2 Å². The summed E-state index contributed by atoms with van der Waals surface area (Å²) in [5, 5.41) is 7.17. The van der Waals surface area contributed by atoms with E-state index >= 15 is 0 Å². The summed E-state index contributed by atoms with van der Waals surface area (Å²) in [6.07, 6.45) is 7.84. The lowest BCUT2D eigenvalue weighted by atomic mass is 10.1. The van der Waals surface area contributed by atoms with Crippen LogP contribution in [-0.4, -0.2) is 35.9 Å². The number of rotatable bonds is 10. The van der Waals surface area contributed by atoms with Crippen molar-refractivity contribution in [1.82, 2.24) is 10.3 Å². The van der Waals surface area contributed by atoms with E-state index in [4.69, 9.17) is 0 Å². The van der Waals surface area contributed by atoms with Crippen molar-refractivity contribution in [3.63, 3.8) is 0 Å². The van der Waals surface area contributed by atoms with Gasteiger partial charge in [-0.25, -0.2) is 0 Å². The van der Waals surface area contributed by atoms with Crippen molar-refractivity contribution >= 4 is 34.1 Å². The maximum atomic E-state index is 12.9. The van der Waals surface area contributed by atoms with Crippen LogP contribution in [0.5, 0.6) is 0 Å². The van der Waals surface area contributed by atoms with E-state index in [1.54, 1.807) is 0 Å². The van der Waals surface area contributed by atoms with Crippen LogP contribution >= 0.6 is 0 Å². The molecule has 2 amide bonds. The van der Waals surface area contributed by atoms with Crippen molar-refractivity contribution in [3.05, 3.63) is 60.3 Å². The molecule has 3 aromatic rings. The van der Waals surface area contributed by atoms with Gasteiger partial charge in [-0.05, 0) is 61.9 Å². The Morgan fingerprint density at radius 2 is 1.91 bits per heavy atom. The first-order valence-electron chi connectivity index (χ1n) is 12.1. The number of aryl methyl sites for hydroxylation is 1. The summed E-state index contributed by atoms with van der Waals surface area (Å²) >= 11 is 0. The normalized spacial score (nSPS) is 14.4. The highest BCUT2D eigenvalue weighted by atomic mass is 16.2. The van der Waals surface area contributed by atoms with Gasteiger partial charge in [0, 0.05) is 48.0 Å². The number of aromatic amines is 1. The molecule has 6 nitrogen and oxygen atoms in total. The number of hydrogen-bond donors (Lipinski definition) is 3. The zero-order chi connectivity index (χ0) is 23.0. The van der Waals surface area contributed by atoms with Crippen LogP contribution in [0.1, 0.15) is 51.0 Å². The minimum Gasteiger partial charge on any atom is -0.371 e. The molecule has 2 heterocycles. The van der Waals surface area contributed by atoms with Crippen molar-refractivity contribution in [2.24, 2.45) is 0 Å². The molecule has 1 unspecified atom stereocenters. The molecule has 0 aliphatic carbocycles. The number of hydrogen-bond acceptors (Lipinski definition) is 3. The highest BCUT2D eigenvalue weighted by Gasteiger charge is 2.20. The van der Waals surface area contributed by atoms with Gasteiger partial charge in [0.25, 0.3) is 0 Å². The number of H-pyrrole nitrogens is 1. The van der Waals surface area contributed by atoms with Gasteiger partial charge < -0.3 is 20.5 Å². The molecule has 4 rings (SSSR count). The Kier molecular flexibility index (Phi) is 7.66. The number of nitrogens with zero attached hydrogens (tertiary/aromatic N) is 1. The lowest BCUT2D eigenvalue weighted by Gasteiger charge is -2.20. The van der Waals surface area contributed by atoms with Crippen molar-refractivity contribution in [2.75, 3.05) is 23.3 Å². The molecule has 0 radical (unpaired) electrons. The van der Waals surface area contributed by atoms with Gasteiger partial charge in [0.2, 0.25) is 11.8 Å². The van der Waals surface area contributed by atoms with E-state index in [-0.39, 0.29) is 11.8 Å². The van der Waals surface area contributed by atoms with Crippen molar-refractivity contribution < 1.29 is 9.59 Å². The fourth-order valence-electron chi connectivity index (χ4n) is 4.59. The Morgan fingerprint density at radius 3 is 2.73 bits per heavy atom. The molecular formula is C27H34N4O2. The summed E-state index contributed by atoms with van der Waals surface area (Å²) < 4.78 is 0. The number of aromatic nitrogens is 1. The number of carbonyl (C=O) groups is 2. The van der Waals surface area contributed by atoms with Crippen molar-refractivity contribution in [1.29, 1.82) is 0 Å². The Hall–Kier alpha value is -3.28. The molecule has 1 saturated heterocycles. The number of anilines is 2. The molecule has 1 fully saturated rings. The first-order valence-corrected chi connectivity index (χ1v) is 12.1. The molecule has 1 aliphatic heterocycles. The molecular weight excluding hydrogens is 412 g/mol. The van der Waals surface area contributed by atoms with Gasteiger partial charge in [0.1, 0.15) is 6.04 Å². The standard InChI is InChI=1S/C27H34N4O2/c1-2-9-25(27(33)29-21-11-8-12-22(18-21)31-16-5-6-17-31)30-26(32)15-7-10-20-19-28-24-14-4-3-13-23(20)24/h3-4,8,11-14,18-19,25,28H,2,5-7,9-10,15-17H2,1H3,(H,29,33)(H,30,32). The third-order valence-electron chi connectivity index (χ3n) is 6.34. The summed E-state index contributed by atoms with van der Waals surface area (Å²) in [4.78, 5) is 31.2. The van der Waals surface area contributed by atoms with Gasteiger partial charge in [0.05, 0.1) is 0 Å². The van der Waals surface area contributed by atoms with Crippen LogP contribution in [-0.2, 0) is 16.0 Å². The van der Waals surface area contributed by atoms with Crippen LogP contribution in [0, 0.1) is 0 Å².